The molecule has 57 heavy (non-hydrogen) atoms. The molecule has 3 atom stereocenters. The molecule has 18 heteroatoms. The Balaban J connectivity index is -0.000000700. The molecule has 18 nitrogen and oxygen atoms in total. The molecule has 0 heterocycles. The van der Waals surface area contributed by atoms with Crippen molar-refractivity contribution in [1.29, 1.82) is 0 Å². The average Bonchev–Trinajstić information content (AvgIpc) is 3.10. The number of nitrogens with one attached hydrogen (secondary N) is 1. The topological polar surface area (TPSA) is 305 Å². The van der Waals surface area contributed by atoms with Crippen molar-refractivity contribution in [3.05, 3.63) is 29.8 Å². The summed E-state index contributed by atoms with van der Waals surface area (Å²) in [4.78, 5) is 97.4. The number of ether oxygens (including phenoxy) is 2. The molecular weight excluding hydrogens is 754 g/mol. The second-order valence-electron chi connectivity index (χ2n) is 14.9. The molecule has 3 unspecified atom stereocenters. The highest BCUT2D eigenvalue weighted by Gasteiger charge is 2.35. The van der Waals surface area contributed by atoms with Crippen LogP contribution in [0.3, 0.4) is 0 Å². The number of hydrogen-bond acceptors (Lipinski definition) is 11. The zero-order valence-corrected chi connectivity index (χ0v) is 34.8. The Morgan fingerprint density at radius 2 is 1.11 bits per heavy atom. The van der Waals surface area contributed by atoms with Crippen LogP contribution < -0.4 is 10.1 Å². The second-order valence-corrected chi connectivity index (χ2v) is 14.9. The summed E-state index contributed by atoms with van der Waals surface area (Å²) in [7, 11) is 1.25. The van der Waals surface area contributed by atoms with Crippen LogP contribution in [0.25, 0.3) is 0 Å². The minimum Gasteiger partial charge on any atom is -0.481 e. The van der Waals surface area contributed by atoms with Gasteiger partial charge in [-0.3, -0.25) is 38.4 Å². The van der Waals surface area contributed by atoms with Gasteiger partial charge in [-0.05, 0) is 63.8 Å². The molecule has 0 spiro atoms. The lowest BCUT2D eigenvalue weighted by Crippen LogP contribution is -2.46. The number of carboxylic acids is 6. The Morgan fingerprint density at radius 1 is 0.684 bits per heavy atom. The van der Waals surface area contributed by atoms with Gasteiger partial charge in [0.2, 0.25) is 5.91 Å². The number of esters is 2. The van der Waals surface area contributed by atoms with Gasteiger partial charge in [0.15, 0.2) is 0 Å². The van der Waals surface area contributed by atoms with Crippen LogP contribution in [0.4, 0.5) is 0 Å². The van der Waals surface area contributed by atoms with E-state index >= 15 is 0 Å². The van der Waals surface area contributed by atoms with Gasteiger partial charge in [0, 0.05) is 11.5 Å². The Morgan fingerprint density at radius 3 is 1.39 bits per heavy atom. The SMILES string of the molecule is CC(C(=O)O)C(C)C(=O)O.CC(C)C(C)(C)C(=O)NC(CC(=O)O)CC(=O)O.CCC(C)(C)C(=O)Oc1ccc(C(=O)O)cc1.CCC(C)(CC(=O)OC)C(=O)O. The van der Waals surface area contributed by atoms with Crippen molar-refractivity contribution in [3.8, 4) is 5.75 Å². The van der Waals surface area contributed by atoms with Crippen LogP contribution in [-0.4, -0.2) is 97.5 Å². The Labute approximate surface area is 332 Å². The Kier molecular flexibility index (Phi) is 25.0. The van der Waals surface area contributed by atoms with Crippen molar-refractivity contribution in [2.75, 3.05) is 7.11 Å². The van der Waals surface area contributed by atoms with Gasteiger partial charge in [-0.25, -0.2) is 4.79 Å². The fourth-order valence-corrected chi connectivity index (χ4v) is 3.45. The van der Waals surface area contributed by atoms with Crippen molar-refractivity contribution in [1.82, 2.24) is 5.32 Å². The predicted octanol–water partition coefficient (Wildman–Crippen LogP) is 5.31. The van der Waals surface area contributed by atoms with Crippen LogP contribution in [-0.2, 0) is 43.1 Å². The lowest BCUT2D eigenvalue weighted by Gasteiger charge is -2.29. The molecule has 0 aliphatic carbocycles. The molecular formula is C39H61NO17. The van der Waals surface area contributed by atoms with Gasteiger partial charge < -0.3 is 45.4 Å². The molecule has 0 aromatic heterocycles. The monoisotopic (exact) mass is 815 g/mol. The Bertz CT molecular complexity index is 1500. The van der Waals surface area contributed by atoms with E-state index < -0.39 is 88.7 Å². The molecule has 7 N–H and O–H groups in total. The van der Waals surface area contributed by atoms with Crippen LogP contribution in [0.1, 0.15) is 119 Å². The number of carbonyl (C=O) groups excluding carboxylic acids is 3. The largest absolute Gasteiger partial charge is 0.481 e. The minimum atomic E-state index is -1.14. The van der Waals surface area contributed by atoms with E-state index in [-0.39, 0.29) is 29.8 Å². The van der Waals surface area contributed by atoms with E-state index in [1.165, 1.54) is 52.1 Å². The molecule has 1 aromatic carbocycles. The Hall–Kier alpha value is -5.55. The number of hydrogen-bond donors (Lipinski definition) is 7. The highest BCUT2D eigenvalue weighted by Crippen LogP contribution is 2.27. The predicted molar refractivity (Wildman–Crippen MR) is 204 cm³/mol. The molecule has 1 aromatic rings. The molecule has 0 bridgehead atoms. The fraction of sp³-hybridized carbons (Fsp3) is 0.615. The second kappa shape index (κ2) is 25.6. The van der Waals surface area contributed by atoms with E-state index in [2.05, 4.69) is 10.1 Å². The third-order valence-electron chi connectivity index (χ3n) is 9.54. The van der Waals surface area contributed by atoms with E-state index in [0.717, 1.165) is 0 Å². The maximum Gasteiger partial charge on any atom is 0.335 e. The molecule has 0 aliphatic heterocycles. The van der Waals surface area contributed by atoms with Gasteiger partial charge in [-0.2, -0.15) is 0 Å². The third-order valence-corrected chi connectivity index (χ3v) is 9.54. The normalized spacial score (nSPS) is 12.9. The van der Waals surface area contributed by atoms with Gasteiger partial charge in [0.05, 0.1) is 54.6 Å². The molecule has 1 amide bonds. The van der Waals surface area contributed by atoms with Gasteiger partial charge in [-0.15, -0.1) is 0 Å². The molecule has 0 saturated carbocycles. The summed E-state index contributed by atoms with van der Waals surface area (Å²) >= 11 is 0. The van der Waals surface area contributed by atoms with Crippen molar-refractivity contribution in [2.45, 2.75) is 114 Å². The molecule has 324 valence electrons. The van der Waals surface area contributed by atoms with E-state index in [0.29, 0.717) is 18.6 Å². The zero-order valence-electron chi connectivity index (χ0n) is 34.8. The first-order valence-electron chi connectivity index (χ1n) is 17.9. The molecule has 0 aliphatic rings. The van der Waals surface area contributed by atoms with Gasteiger partial charge in [-0.1, -0.05) is 55.4 Å². The first-order valence-corrected chi connectivity index (χ1v) is 17.9. The molecule has 0 saturated heterocycles. The summed E-state index contributed by atoms with van der Waals surface area (Å²) in [5, 5.41) is 54.0. The van der Waals surface area contributed by atoms with Crippen LogP contribution in [0.15, 0.2) is 24.3 Å². The number of aromatic carboxylic acids is 1. The quantitative estimate of drug-likeness (QED) is 0.0729. The summed E-state index contributed by atoms with van der Waals surface area (Å²) < 4.78 is 9.57. The first kappa shape index (κ1) is 55.8. The summed E-state index contributed by atoms with van der Waals surface area (Å²) in [6.07, 6.45) is 0.226. The van der Waals surface area contributed by atoms with Crippen LogP contribution in [0.2, 0.25) is 0 Å². The van der Waals surface area contributed by atoms with Crippen LogP contribution in [0.5, 0.6) is 5.75 Å². The number of rotatable bonds is 18. The summed E-state index contributed by atoms with van der Waals surface area (Å²) in [5.41, 5.74) is -2.03. The standard InChI is InChI=1S/C13H16O4.C12H21NO5.C8H14O4.C6H10O4/c1-4-13(2,3)12(16)17-10-7-5-9(6-8-10)11(14)15;1-7(2)12(3,4)11(18)13-8(5-9(14)15)6-10(16)17;1-4-8(2,7(10)11)5-6(9)12-3;1-3(5(7)8)4(2)6(9)10/h5-8H,4H2,1-3H3,(H,14,15);7-8H,5-6H2,1-4H3,(H,13,18)(H,14,15)(H,16,17);4-5H2,1-3H3,(H,10,11);3-4H,1-2H3,(H,7,8)(H,9,10). The van der Waals surface area contributed by atoms with Crippen LogP contribution >= 0.6 is 0 Å². The smallest absolute Gasteiger partial charge is 0.335 e. The number of benzene rings is 1. The molecule has 1 rings (SSSR count). The first-order chi connectivity index (χ1) is 25.9. The number of aliphatic carboxylic acids is 5. The van der Waals surface area contributed by atoms with Gasteiger partial charge in [0.1, 0.15) is 5.75 Å². The number of carboxylic acid groups (broad SMARTS) is 6. The zero-order chi connectivity index (χ0) is 45.6. The third kappa shape index (κ3) is 22.0. The van der Waals surface area contributed by atoms with Gasteiger partial charge >= 0.3 is 47.8 Å². The maximum atomic E-state index is 12.0. The van der Waals surface area contributed by atoms with E-state index in [9.17, 15) is 43.2 Å². The van der Waals surface area contributed by atoms with Crippen molar-refractivity contribution >= 4 is 53.7 Å². The highest BCUT2D eigenvalue weighted by molar-refractivity contribution is 5.88. The number of methoxy groups -OCH3 is 1. The van der Waals surface area contributed by atoms with Gasteiger partial charge in [0.25, 0.3) is 0 Å². The molecule has 0 fully saturated rings. The summed E-state index contributed by atoms with van der Waals surface area (Å²) in [6.45, 7) is 18.8. The van der Waals surface area contributed by atoms with E-state index in [1.54, 1.807) is 34.6 Å². The van der Waals surface area contributed by atoms with Crippen molar-refractivity contribution in [3.63, 3.8) is 0 Å². The van der Waals surface area contributed by atoms with Crippen LogP contribution in [0, 0.1) is 34.0 Å². The minimum absolute atomic E-state index is 0.0628. The average molecular weight is 816 g/mol. The van der Waals surface area contributed by atoms with Crippen molar-refractivity contribution in [2.24, 2.45) is 34.0 Å². The summed E-state index contributed by atoms with van der Waals surface area (Å²) in [6, 6.07) is 4.89. The summed E-state index contributed by atoms with van der Waals surface area (Å²) in [5.74, 6) is -8.73. The van der Waals surface area contributed by atoms with E-state index in [1.807, 2.05) is 20.8 Å². The lowest BCUT2D eigenvalue weighted by atomic mass is 9.80. The molecule has 0 radical (unpaired) electrons. The number of carbonyl (C=O) groups is 9. The maximum absolute atomic E-state index is 12.0. The van der Waals surface area contributed by atoms with Crippen molar-refractivity contribution < 1.29 is 83.3 Å². The lowest BCUT2D eigenvalue weighted by molar-refractivity contribution is -0.156. The van der Waals surface area contributed by atoms with E-state index in [4.69, 9.17) is 35.4 Å². The highest BCUT2D eigenvalue weighted by atomic mass is 16.5. The fourth-order valence-electron chi connectivity index (χ4n) is 3.45. The number of amides is 1.